The van der Waals surface area contributed by atoms with Crippen LogP contribution in [0.5, 0.6) is 17.2 Å². The number of urea groups is 1. The summed E-state index contributed by atoms with van der Waals surface area (Å²) < 4.78 is 11.2. The molecule has 0 atom stereocenters. The fourth-order valence-electron chi connectivity index (χ4n) is 2.93. The number of pyridine rings is 2. The van der Waals surface area contributed by atoms with Gasteiger partial charge in [0.2, 0.25) is 5.69 Å². The Morgan fingerprint density at radius 3 is 2.52 bits per heavy atom. The van der Waals surface area contributed by atoms with Gasteiger partial charge in [0.25, 0.3) is 0 Å². The standard InChI is InChI=1S/C23H17N5O3/c1-24-19-13-17-18(14-21(19)30-2)25-12-10-20(17)31-16-8-6-15(7-9-16)27-23(29)28-22-5-3-4-11-26-22/h3-14H,2H3,(H2,26,27,28,29). The van der Waals surface area contributed by atoms with Crippen molar-refractivity contribution in [3.05, 3.63) is 84.5 Å². The summed E-state index contributed by atoms with van der Waals surface area (Å²) in [5.74, 6) is 2.06. The predicted molar refractivity (Wildman–Crippen MR) is 118 cm³/mol. The van der Waals surface area contributed by atoms with Crippen molar-refractivity contribution >= 4 is 34.1 Å². The summed E-state index contributed by atoms with van der Waals surface area (Å²) in [5.41, 5.74) is 1.64. The van der Waals surface area contributed by atoms with Gasteiger partial charge in [-0.3, -0.25) is 10.3 Å². The van der Waals surface area contributed by atoms with Crippen molar-refractivity contribution in [3.8, 4) is 17.2 Å². The van der Waals surface area contributed by atoms with Crippen LogP contribution >= 0.6 is 0 Å². The summed E-state index contributed by atoms with van der Waals surface area (Å²) in [5, 5.41) is 6.09. The molecule has 2 heterocycles. The van der Waals surface area contributed by atoms with E-state index in [2.05, 4.69) is 25.4 Å². The van der Waals surface area contributed by atoms with Gasteiger partial charge in [-0.05, 0) is 54.6 Å². The molecular formula is C23H17N5O3. The molecule has 0 bridgehead atoms. The van der Waals surface area contributed by atoms with E-state index in [1.54, 1.807) is 73.1 Å². The third-order valence-corrected chi connectivity index (χ3v) is 4.37. The van der Waals surface area contributed by atoms with Gasteiger partial charge in [-0.15, -0.1) is 0 Å². The molecule has 4 rings (SSSR count). The normalized spacial score (nSPS) is 10.2. The number of rotatable bonds is 5. The van der Waals surface area contributed by atoms with Crippen LogP contribution < -0.4 is 20.1 Å². The number of carbonyl (C=O) groups is 1. The summed E-state index contributed by atoms with van der Waals surface area (Å²) in [7, 11) is 1.52. The Bertz CT molecular complexity index is 1270. The molecule has 2 aromatic carbocycles. The number of nitrogens with one attached hydrogen (secondary N) is 2. The van der Waals surface area contributed by atoms with Gasteiger partial charge < -0.3 is 14.8 Å². The largest absolute Gasteiger partial charge is 0.508 e. The molecule has 2 N–H and O–H groups in total. The first kappa shape index (κ1) is 19.7. The number of hydrogen-bond donors (Lipinski definition) is 2. The Balaban J connectivity index is 1.49. The molecule has 8 nitrogen and oxygen atoms in total. The highest BCUT2D eigenvalue weighted by atomic mass is 16.5. The lowest BCUT2D eigenvalue weighted by molar-refractivity contribution is 0.262. The lowest BCUT2D eigenvalue weighted by atomic mass is 10.1. The van der Waals surface area contributed by atoms with Gasteiger partial charge in [0.15, 0.2) is 0 Å². The minimum Gasteiger partial charge on any atom is -0.508 e. The molecule has 0 saturated carbocycles. The van der Waals surface area contributed by atoms with E-state index in [4.69, 9.17) is 16.0 Å². The SMILES string of the molecule is [C-]#[N+]c1cc2c(Oc3ccc(NC(=O)Nc4ccccn4)cc3)ccnc2cc1OC. The zero-order valence-corrected chi connectivity index (χ0v) is 16.5. The number of carbonyl (C=O) groups excluding carboxylic acids is 1. The van der Waals surface area contributed by atoms with Crippen LogP contribution in [0.3, 0.4) is 0 Å². The lowest BCUT2D eigenvalue weighted by Crippen LogP contribution is -2.19. The van der Waals surface area contributed by atoms with E-state index in [1.165, 1.54) is 7.11 Å². The van der Waals surface area contributed by atoms with E-state index in [0.29, 0.717) is 45.3 Å². The Labute approximate surface area is 178 Å². The van der Waals surface area contributed by atoms with Gasteiger partial charge in [0, 0.05) is 23.5 Å². The molecule has 8 heteroatoms. The second kappa shape index (κ2) is 8.80. The Kier molecular flexibility index (Phi) is 5.58. The van der Waals surface area contributed by atoms with Gasteiger partial charge in [-0.1, -0.05) is 6.07 Å². The highest BCUT2D eigenvalue weighted by Crippen LogP contribution is 2.37. The molecule has 0 aliphatic carbocycles. The molecule has 0 aliphatic heterocycles. The van der Waals surface area contributed by atoms with Gasteiger partial charge in [-0.2, -0.15) is 0 Å². The summed E-state index contributed by atoms with van der Waals surface area (Å²) >= 11 is 0. The van der Waals surface area contributed by atoms with E-state index in [9.17, 15) is 4.79 Å². The quantitative estimate of drug-likeness (QED) is 0.416. The monoisotopic (exact) mass is 411 g/mol. The van der Waals surface area contributed by atoms with Crippen LogP contribution in [0.1, 0.15) is 0 Å². The molecule has 31 heavy (non-hydrogen) atoms. The maximum Gasteiger partial charge on any atom is 0.324 e. The third kappa shape index (κ3) is 4.52. The molecule has 0 saturated heterocycles. The smallest absolute Gasteiger partial charge is 0.324 e. The fraction of sp³-hybridized carbons (Fsp3) is 0.0435. The maximum absolute atomic E-state index is 12.1. The minimum absolute atomic E-state index is 0.381. The molecule has 152 valence electrons. The number of nitrogens with zero attached hydrogens (tertiary/aromatic N) is 3. The van der Waals surface area contributed by atoms with E-state index in [-0.39, 0.29) is 0 Å². The molecule has 2 amide bonds. The van der Waals surface area contributed by atoms with Gasteiger partial charge in [0.1, 0.15) is 23.1 Å². The average molecular weight is 411 g/mol. The zero-order chi connectivity index (χ0) is 21.6. The molecule has 2 aromatic heterocycles. The Morgan fingerprint density at radius 1 is 0.968 bits per heavy atom. The predicted octanol–water partition coefficient (Wildman–Crippen LogP) is 5.63. The number of benzene rings is 2. The van der Waals surface area contributed by atoms with Crippen molar-refractivity contribution in [1.29, 1.82) is 0 Å². The van der Waals surface area contributed by atoms with Crippen molar-refractivity contribution in [2.45, 2.75) is 0 Å². The molecular weight excluding hydrogens is 394 g/mol. The van der Waals surface area contributed by atoms with Crippen molar-refractivity contribution in [2.24, 2.45) is 0 Å². The number of aromatic nitrogens is 2. The highest BCUT2D eigenvalue weighted by Gasteiger charge is 2.11. The van der Waals surface area contributed by atoms with E-state index in [1.807, 2.05) is 0 Å². The second-order valence-corrected chi connectivity index (χ2v) is 6.38. The zero-order valence-electron chi connectivity index (χ0n) is 16.5. The maximum atomic E-state index is 12.1. The number of anilines is 2. The lowest BCUT2D eigenvalue weighted by Gasteiger charge is -2.11. The van der Waals surface area contributed by atoms with Crippen LogP contribution in [-0.4, -0.2) is 23.1 Å². The summed E-state index contributed by atoms with van der Waals surface area (Å²) in [6.45, 7) is 7.35. The summed E-state index contributed by atoms with van der Waals surface area (Å²) in [6, 6.07) is 16.9. The molecule has 0 spiro atoms. The summed E-state index contributed by atoms with van der Waals surface area (Å²) in [4.78, 5) is 24.0. The Morgan fingerprint density at radius 2 is 1.81 bits per heavy atom. The number of ether oxygens (including phenoxy) is 2. The van der Waals surface area contributed by atoms with Gasteiger partial charge in [0.05, 0.1) is 19.2 Å². The molecule has 0 fully saturated rings. The number of fused-ring (bicyclic) bond motifs is 1. The van der Waals surface area contributed by atoms with Crippen LogP contribution in [0, 0.1) is 6.57 Å². The molecule has 0 radical (unpaired) electrons. The Hall–Kier alpha value is -4.64. The number of methoxy groups -OCH3 is 1. The van der Waals surface area contributed by atoms with Crippen molar-refractivity contribution in [3.63, 3.8) is 0 Å². The topological polar surface area (TPSA) is 89.7 Å². The molecule has 4 aromatic rings. The van der Waals surface area contributed by atoms with E-state index in [0.717, 1.165) is 0 Å². The van der Waals surface area contributed by atoms with E-state index < -0.39 is 6.03 Å². The number of hydrogen-bond acceptors (Lipinski definition) is 5. The first-order valence-corrected chi connectivity index (χ1v) is 9.27. The van der Waals surface area contributed by atoms with Crippen molar-refractivity contribution in [1.82, 2.24) is 9.97 Å². The van der Waals surface area contributed by atoms with Crippen LogP contribution in [0.25, 0.3) is 15.7 Å². The fourth-order valence-corrected chi connectivity index (χ4v) is 2.93. The molecule has 0 aliphatic rings. The summed E-state index contributed by atoms with van der Waals surface area (Å²) in [6.07, 6.45) is 3.23. The van der Waals surface area contributed by atoms with Gasteiger partial charge in [-0.25, -0.2) is 14.6 Å². The second-order valence-electron chi connectivity index (χ2n) is 6.38. The van der Waals surface area contributed by atoms with Crippen LogP contribution in [0.15, 0.2) is 73.1 Å². The van der Waals surface area contributed by atoms with Crippen LogP contribution in [0.4, 0.5) is 22.0 Å². The molecule has 0 unspecified atom stereocenters. The van der Waals surface area contributed by atoms with E-state index >= 15 is 0 Å². The minimum atomic E-state index is -0.395. The highest BCUT2D eigenvalue weighted by molar-refractivity contribution is 5.99. The van der Waals surface area contributed by atoms with Gasteiger partial charge >= 0.3 is 6.03 Å². The third-order valence-electron chi connectivity index (χ3n) is 4.37. The number of amides is 2. The van der Waals surface area contributed by atoms with Crippen LogP contribution in [-0.2, 0) is 0 Å². The van der Waals surface area contributed by atoms with Crippen LogP contribution in [0.2, 0.25) is 0 Å². The average Bonchev–Trinajstić information content (AvgIpc) is 2.80. The van der Waals surface area contributed by atoms with Crippen molar-refractivity contribution in [2.75, 3.05) is 17.7 Å². The van der Waals surface area contributed by atoms with Crippen molar-refractivity contribution < 1.29 is 14.3 Å². The first-order valence-electron chi connectivity index (χ1n) is 9.27. The first-order chi connectivity index (χ1) is 15.2.